The van der Waals surface area contributed by atoms with Gasteiger partial charge in [-0.15, -0.1) is 0 Å². The standard InChI is InChI=1S/C25H24N2O4S/c1-3-17-9-11-18(12-10-17)30-16-20-14-13-19(31-20)15-21-24(28)27(25(32)26-21)22-7-5-6-8-23(22)29-4-2/h5-15H,3-4,16H2,1-2H3,(H,26,32)/b21-15+. The SMILES string of the molecule is CCOc1ccccc1N1C(=O)/C(=C\c2ccc(COc3ccc(CC)cc3)o2)NC1=S. The van der Waals surface area contributed by atoms with Gasteiger partial charge in [0.05, 0.1) is 12.3 Å². The van der Waals surface area contributed by atoms with Gasteiger partial charge in [-0.05, 0) is 67.5 Å². The summed E-state index contributed by atoms with van der Waals surface area (Å²) in [6, 6.07) is 18.9. The first-order chi connectivity index (χ1) is 15.6. The third-order valence-electron chi connectivity index (χ3n) is 4.97. The number of aryl methyl sites for hydroxylation is 1. The van der Waals surface area contributed by atoms with Crippen molar-refractivity contribution in [3.8, 4) is 11.5 Å². The maximum absolute atomic E-state index is 13.0. The molecule has 0 atom stereocenters. The molecule has 32 heavy (non-hydrogen) atoms. The van der Waals surface area contributed by atoms with Crippen molar-refractivity contribution >= 4 is 35.0 Å². The van der Waals surface area contributed by atoms with Gasteiger partial charge in [-0.2, -0.15) is 0 Å². The molecule has 1 amide bonds. The predicted octanol–water partition coefficient (Wildman–Crippen LogP) is 5.08. The smallest absolute Gasteiger partial charge is 0.281 e. The Morgan fingerprint density at radius 2 is 1.81 bits per heavy atom. The lowest BCUT2D eigenvalue weighted by Gasteiger charge is -2.17. The number of amides is 1. The molecule has 7 heteroatoms. The van der Waals surface area contributed by atoms with Crippen LogP contribution in [0.4, 0.5) is 5.69 Å². The molecule has 0 radical (unpaired) electrons. The Kier molecular flexibility index (Phi) is 6.56. The van der Waals surface area contributed by atoms with Gasteiger partial charge in [0.25, 0.3) is 5.91 Å². The first-order valence-corrected chi connectivity index (χ1v) is 10.9. The number of ether oxygens (including phenoxy) is 2. The molecule has 1 fully saturated rings. The van der Waals surface area contributed by atoms with Gasteiger partial charge in [0.1, 0.15) is 35.3 Å². The molecule has 0 spiro atoms. The predicted molar refractivity (Wildman–Crippen MR) is 128 cm³/mol. The van der Waals surface area contributed by atoms with E-state index in [-0.39, 0.29) is 5.91 Å². The maximum atomic E-state index is 13.0. The summed E-state index contributed by atoms with van der Waals surface area (Å²) >= 11 is 5.40. The number of thiocarbonyl (C=S) groups is 1. The normalized spacial score (nSPS) is 14.7. The van der Waals surface area contributed by atoms with Crippen molar-refractivity contribution in [2.45, 2.75) is 26.9 Å². The van der Waals surface area contributed by atoms with Crippen LogP contribution in [-0.2, 0) is 17.8 Å². The molecule has 0 bridgehead atoms. The molecule has 1 aliphatic rings. The number of furan rings is 1. The first-order valence-electron chi connectivity index (χ1n) is 10.5. The van der Waals surface area contributed by atoms with Gasteiger partial charge in [0.2, 0.25) is 0 Å². The van der Waals surface area contributed by atoms with Gasteiger partial charge >= 0.3 is 0 Å². The van der Waals surface area contributed by atoms with Crippen LogP contribution in [0.3, 0.4) is 0 Å². The molecule has 0 aliphatic carbocycles. The molecule has 3 aromatic rings. The molecule has 1 aliphatic heterocycles. The minimum atomic E-state index is -0.271. The second-order valence-electron chi connectivity index (χ2n) is 7.12. The summed E-state index contributed by atoms with van der Waals surface area (Å²) < 4.78 is 17.2. The summed E-state index contributed by atoms with van der Waals surface area (Å²) in [6.07, 6.45) is 2.62. The van der Waals surface area contributed by atoms with E-state index < -0.39 is 0 Å². The van der Waals surface area contributed by atoms with Crippen LogP contribution in [0.1, 0.15) is 30.9 Å². The number of para-hydroxylation sites is 2. The minimum absolute atomic E-state index is 0.271. The minimum Gasteiger partial charge on any atom is -0.492 e. The van der Waals surface area contributed by atoms with Gasteiger partial charge in [-0.3, -0.25) is 4.79 Å². The molecule has 164 valence electrons. The maximum Gasteiger partial charge on any atom is 0.281 e. The van der Waals surface area contributed by atoms with Crippen molar-refractivity contribution in [2.24, 2.45) is 0 Å². The second kappa shape index (κ2) is 9.70. The number of carbonyl (C=O) groups is 1. The molecule has 1 aromatic heterocycles. The van der Waals surface area contributed by atoms with E-state index in [0.29, 0.717) is 47.0 Å². The summed E-state index contributed by atoms with van der Waals surface area (Å²) in [4.78, 5) is 14.5. The molecule has 4 rings (SSSR count). The zero-order valence-corrected chi connectivity index (χ0v) is 18.8. The molecular formula is C25H24N2O4S. The van der Waals surface area contributed by atoms with Crippen LogP contribution < -0.4 is 19.7 Å². The van der Waals surface area contributed by atoms with Gasteiger partial charge < -0.3 is 19.2 Å². The number of benzene rings is 2. The Morgan fingerprint density at radius 1 is 1.03 bits per heavy atom. The van der Waals surface area contributed by atoms with E-state index in [0.717, 1.165) is 12.2 Å². The fraction of sp³-hybridized carbons (Fsp3) is 0.200. The number of anilines is 1. The highest BCUT2D eigenvalue weighted by Crippen LogP contribution is 2.31. The fourth-order valence-corrected chi connectivity index (χ4v) is 3.63. The van der Waals surface area contributed by atoms with E-state index in [1.54, 1.807) is 18.2 Å². The van der Waals surface area contributed by atoms with Crippen molar-refractivity contribution in [2.75, 3.05) is 11.5 Å². The van der Waals surface area contributed by atoms with Crippen LogP contribution in [0.15, 0.2) is 70.8 Å². The Labute approximate surface area is 192 Å². The molecule has 0 saturated carbocycles. The van der Waals surface area contributed by atoms with E-state index in [1.165, 1.54) is 10.5 Å². The highest BCUT2D eigenvalue weighted by Gasteiger charge is 2.34. The van der Waals surface area contributed by atoms with Crippen molar-refractivity contribution in [3.63, 3.8) is 0 Å². The fourth-order valence-electron chi connectivity index (χ4n) is 3.34. The van der Waals surface area contributed by atoms with Crippen LogP contribution >= 0.6 is 12.2 Å². The van der Waals surface area contributed by atoms with Crippen LogP contribution in [0.5, 0.6) is 11.5 Å². The molecule has 1 saturated heterocycles. The number of rotatable bonds is 8. The number of hydrogen-bond acceptors (Lipinski definition) is 5. The lowest BCUT2D eigenvalue weighted by Crippen LogP contribution is -2.30. The summed E-state index contributed by atoms with van der Waals surface area (Å²) in [6.45, 7) is 4.79. The van der Waals surface area contributed by atoms with Crippen molar-refractivity contribution in [3.05, 3.63) is 83.4 Å². The Balaban J connectivity index is 1.46. The second-order valence-corrected chi connectivity index (χ2v) is 7.51. The average Bonchev–Trinajstić information content (AvgIpc) is 3.37. The number of hydrogen-bond donors (Lipinski definition) is 1. The summed E-state index contributed by atoms with van der Waals surface area (Å²) in [5.41, 5.74) is 2.19. The average molecular weight is 449 g/mol. The molecule has 6 nitrogen and oxygen atoms in total. The molecule has 1 N–H and O–H groups in total. The molecular weight excluding hydrogens is 424 g/mol. The van der Waals surface area contributed by atoms with Gasteiger partial charge in [0.15, 0.2) is 5.11 Å². The number of nitrogens with one attached hydrogen (secondary N) is 1. The van der Waals surface area contributed by atoms with Gasteiger partial charge in [-0.1, -0.05) is 31.2 Å². The van der Waals surface area contributed by atoms with E-state index in [1.807, 2.05) is 55.5 Å². The highest BCUT2D eigenvalue weighted by atomic mass is 32.1. The lowest BCUT2D eigenvalue weighted by molar-refractivity contribution is -0.113. The zero-order chi connectivity index (χ0) is 22.5. The van der Waals surface area contributed by atoms with Gasteiger partial charge in [-0.25, -0.2) is 4.90 Å². The topological polar surface area (TPSA) is 63.9 Å². The van der Waals surface area contributed by atoms with Crippen molar-refractivity contribution in [1.82, 2.24) is 5.32 Å². The molecule has 2 heterocycles. The highest BCUT2D eigenvalue weighted by molar-refractivity contribution is 7.80. The summed E-state index contributed by atoms with van der Waals surface area (Å²) in [7, 11) is 0. The van der Waals surface area contributed by atoms with Crippen molar-refractivity contribution < 1.29 is 18.7 Å². The van der Waals surface area contributed by atoms with Crippen LogP contribution in [-0.4, -0.2) is 17.6 Å². The molecule has 2 aromatic carbocycles. The number of nitrogens with zero attached hydrogens (tertiary/aromatic N) is 1. The van der Waals surface area contributed by atoms with E-state index >= 15 is 0 Å². The van der Waals surface area contributed by atoms with Crippen LogP contribution in [0.25, 0.3) is 6.08 Å². The van der Waals surface area contributed by atoms with E-state index in [4.69, 9.17) is 26.1 Å². The Hall–Kier alpha value is -3.58. The van der Waals surface area contributed by atoms with Crippen LogP contribution in [0.2, 0.25) is 0 Å². The van der Waals surface area contributed by atoms with Crippen molar-refractivity contribution in [1.29, 1.82) is 0 Å². The quantitative estimate of drug-likeness (QED) is 0.383. The van der Waals surface area contributed by atoms with Gasteiger partial charge in [0, 0.05) is 6.08 Å². The van der Waals surface area contributed by atoms with E-state index in [9.17, 15) is 4.79 Å². The third kappa shape index (κ3) is 4.68. The lowest BCUT2D eigenvalue weighted by atomic mass is 10.2. The first kappa shape index (κ1) is 21.6. The Morgan fingerprint density at radius 3 is 2.56 bits per heavy atom. The summed E-state index contributed by atoms with van der Waals surface area (Å²) in [5, 5.41) is 3.26. The third-order valence-corrected chi connectivity index (χ3v) is 5.25. The molecule has 0 unspecified atom stereocenters. The zero-order valence-electron chi connectivity index (χ0n) is 18.0. The van der Waals surface area contributed by atoms with Crippen LogP contribution in [0, 0.1) is 0 Å². The van der Waals surface area contributed by atoms with E-state index in [2.05, 4.69) is 12.2 Å². The Bertz CT molecular complexity index is 1150. The number of carbonyl (C=O) groups excluding carboxylic acids is 1. The largest absolute Gasteiger partial charge is 0.492 e. The monoisotopic (exact) mass is 448 g/mol. The summed E-state index contributed by atoms with van der Waals surface area (Å²) in [5.74, 6) is 2.29.